The number of aliphatic carboxylic acids is 1. The van der Waals surface area contributed by atoms with Crippen molar-refractivity contribution >= 4 is 23.5 Å². The van der Waals surface area contributed by atoms with Gasteiger partial charge in [0.25, 0.3) is 11.8 Å². The first-order valence-corrected chi connectivity index (χ1v) is 5.97. The van der Waals surface area contributed by atoms with E-state index in [4.69, 9.17) is 9.84 Å². The molecule has 2 rings (SSSR count). The van der Waals surface area contributed by atoms with Gasteiger partial charge in [-0.25, -0.2) is 4.79 Å². The minimum atomic E-state index is -1.10. The van der Waals surface area contributed by atoms with Gasteiger partial charge in [-0.1, -0.05) is 6.07 Å². The lowest BCUT2D eigenvalue weighted by atomic mass is 10.1. The molecule has 0 aliphatic carbocycles. The third-order valence-electron chi connectivity index (χ3n) is 3.13. The molecule has 1 aliphatic heterocycles. The number of anilines is 1. The number of carboxylic acids is 1. The molecule has 0 aromatic heterocycles. The molecule has 1 aromatic rings. The molecule has 2 amide bonds. The Balaban J connectivity index is 2.34. The third-order valence-corrected chi connectivity index (χ3v) is 3.13. The van der Waals surface area contributed by atoms with E-state index < -0.39 is 17.9 Å². The summed E-state index contributed by atoms with van der Waals surface area (Å²) in [4.78, 5) is 35.6. The Kier molecular flexibility index (Phi) is 3.60. The molecule has 1 heterocycles. The highest BCUT2D eigenvalue weighted by molar-refractivity contribution is 6.03. The van der Waals surface area contributed by atoms with E-state index in [-0.39, 0.29) is 23.8 Å². The van der Waals surface area contributed by atoms with Crippen molar-refractivity contribution < 1.29 is 24.2 Å². The minimum Gasteiger partial charge on any atom is -0.481 e. The molecule has 0 fully saturated rings. The van der Waals surface area contributed by atoms with Crippen LogP contribution in [0.5, 0.6) is 5.75 Å². The van der Waals surface area contributed by atoms with Gasteiger partial charge in [-0.15, -0.1) is 0 Å². The number of carboxylic acid groups (broad SMARTS) is 1. The number of para-hydroxylation sites is 1. The number of benzene rings is 1. The lowest BCUT2D eigenvalue weighted by molar-refractivity contribution is -0.141. The van der Waals surface area contributed by atoms with Crippen LogP contribution in [-0.4, -0.2) is 47.5 Å². The molecule has 7 heteroatoms. The second kappa shape index (κ2) is 5.20. The van der Waals surface area contributed by atoms with Gasteiger partial charge in [0.05, 0.1) is 11.3 Å². The van der Waals surface area contributed by atoms with E-state index in [0.29, 0.717) is 5.69 Å². The molecule has 1 atom stereocenters. The number of hydrogen-bond donors (Lipinski definition) is 2. The first-order chi connectivity index (χ1) is 9.41. The van der Waals surface area contributed by atoms with E-state index >= 15 is 0 Å². The van der Waals surface area contributed by atoms with E-state index in [1.807, 2.05) is 0 Å². The van der Waals surface area contributed by atoms with Gasteiger partial charge >= 0.3 is 5.97 Å². The average Bonchev–Trinajstić information content (AvgIpc) is 2.43. The van der Waals surface area contributed by atoms with Crippen LogP contribution in [0.2, 0.25) is 0 Å². The highest BCUT2D eigenvalue weighted by Gasteiger charge is 2.28. The molecule has 1 aliphatic rings. The summed E-state index contributed by atoms with van der Waals surface area (Å²) < 4.78 is 5.27. The summed E-state index contributed by atoms with van der Waals surface area (Å²) in [6, 6.07) is 3.78. The number of ether oxygens (including phenoxy) is 1. The number of fused-ring (bicyclic) bond motifs is 1. The van der Waals surface area contributed by atoms with Crippen LogP contribution >= 0.6 is 0 Å². The summed E-state index contributed by atoms with van der Waals surface area (Å²) in [5.41, 5.74) is 0.626. The van der Waals surface area contributed by atoms with Gasteiger partial charge < -0.3 is 20.1 Å². The van der Waals surface area contributed by atoms with E-state index in [9.17, 15) is 14.4 Å². The summed E-state index contributed by atoms with van der Waals surface area (Å²) in [6.07, 6.45) is 0. The predicted molar refractivity (Wildman–Crippen MR) is 69.8 cm³/mol. The van der Waals surface area contributed by atoms with Crippen LogP contribution in [-0.2, 0) is 9.59 Å². The second-order valence-electron chi connectivity index (χ2n) is 4.45. The predicted octanol–water partition coefficient (Wildman–Crippen LogP) is 0.563. The molecule has 0 unspecified atom stereocenters. The van der Waals surface area contributed by atoms with Crippen molar-refractivity contribution in [2.45, 2.75) is 13.0 Å². The Bertz CT molecular complexity index is 584. The van der Waals surface area contributed by atoms with Crippen molar-refractivity contribution in [2.24, 2.45) is 0 Å². The molecule has 0 saturated heterocycles. The monoisotopic (exact) mass is 278 g/mol. The number of hydrogen-bond acceptors (Lipinski definition) is 4. The number of rotatable bonds is 3. The molecule has 0 spiro atoms. The van der Waals surface area contributed by atoms with Crippen molar-refractivity contribution in [3.8, 4) is 5.75 Å². The summed E-state index contributed by atoms with van der Waals surface area (Å²) >= 11 is 0. The van der Waals surface area contributed by atoms with Crippen molar-refractivity contribution in [1.29, 1.82) is 0 Å². The van der Waals surface area contributed by atoms with Gasteiger partial charge in [-0.2, -0.15) is 0 Å². The maximum atomic E-state index is 12.3. The second-order valence-corrected chi connectivity index (χ2v) is 4.45. The number of carbonyl (C=O) groups excluding carboxylic acids is 2. The SMILES string of the molecule is C[C@H](C(=O)O)N(C)C(=O)c1cccc2c1OCC(=O)N2. The van der Waals surface area contributed by atoms with Crippen LogP contribution in [0.15, 0.2) is 18.2 Å². The average molecular weight is 278 g/mol. The molecular weight excluding hydrogens is 264 g/mol. The summed E-state index contributed by atoms with van der Waals surface area (Å²) in [7, 11) is 1.40. The standard InChI is InChI=1S/C13H14N2O5/c1-7(13(18)19)15(2)12(17)8-4-3-5-9-11(8)20-6-10(16)14-9/h3-5,7H,6H2,1-2H3,(H,14,16)(H,18,19)/t7-/m1/s1. The molecular formula is C13H14N2O5. The fourth-order valence-corrected chi connectivity index (χ4v) is 1.81. The van der Waals surface area contributed by atoms with Crippen molar-refractivity contribution in [3.05, 3.63) is 23.8 Å². The molecule has 1 aromatic carbocycles. The lowest BCUT2D eigenvalue weighted by Gasteiger charge is -2.25. The van der Waals surface area contributed by atoms with Gasteiger partial charge in [0, 0.05) is 7.05 Å². The fourth-order valence-electron chi connectivity index (χ4n) is 1.81. The van der Waals surface area contributed by atoms with Gasteiger partial charge in [-0.05, 0) is 19.1 Å². The molecule has 0 radical (unpaired) electrons. The Morgan fingerprint density at radius 1 is 1.45 bits per heavy atom. The van der Waals surface area contributed by atoms with Crippen LogP contribution in [0.3, 0.4) is 0 Å². The summed E-state index contributed by atoms with van der Waals surface area (Å²) in [5.74, 6) is -1.61. The maximum Gasteiger partial charge on any atom is 0.326 e. The zero-order valence-electron chi connectivity index (χ0n) is 11.0. The van der Waals surface area contributed by atoms with Crippen molar-refractivity contribution in [1.82, 2.24) is 4.90 Å². The van der Waals surface area contributed by atoms with Gasteiger partial charge in [0.2, 0.25) is 0 Å². The topological polar surface area (TPSA) is 95.9 Å². The highest BCUT2D eigenvalue weighted by Crippen LogP contribution is 2.32. The van der Waals surface area contributed by atoms with Crippen LogP contribution < -0.4 is 10.1 Å². The Labute approximate surface area is 115 Å². The van der Waals surface area contributed by atoms with E-state index in [0.717, 1.165) is 4.90 Å². The van der Waals surface area contributed by atoms with Gasteiger partial charge in [0.1, 0.15) is 6.04 Å². The van der Waals surface area contributed by atoms with Gasteiger partial charge in [0.15, 0.2) is 12.4 Å². The highest BCUT2D eigenvalue weighted by atomic mass is 16.5. The zero-order valence-corrected chi connectivity index (χ0v) is 11.0. The number of carbonyl (C=O) groups is 3. The molecule has 7 nitrogen and oxygen atoms in total. The molecule has 2 N–H and O–H groups in total. The van der Waals surface area contributed by atoms with Crippen LogP contribution in [0.25, 0.3) is 0 Å². The third kappa shape index (κ3) is 2.42. The van der Waals surface area contributed by atoms with Crippen LogP contribution in [0.1, 0.15) is 17.3 Å². The number of nitrogens with one attached hydrogen (secondary N) is 1. The summed E-state index contributed by atoms with van der Waals surface area (Å²) in [6.45, 7) is 1.24. The molecule has 106 valence electrons. The molecule has 20 heavy (non-hydrogen) atoms. The van der Waals surface area contributed by atoms with E-state index in [2.05, 4.69) is 5.32 Å². The minimum absolute atomic E-state index is 0.171. The Morgan fingerprint density at radius 3 is 2.80 bits per heavy atom. The fraction of sp³-hybridized carbons (Fsp3) is 0.308. The van der Waals surface area contributed by atoms with Gasteiger partial charge in [-0.3, -0.25) is 9.59 Å². The largest absolute Gasteiger partial charge is 0.481 e. The molecule has 0 bridgehead atoms. The van der Waals surface area contributed by atoms with E-state index in [1.54, 1.807) is 12.1 Å². The van der Waals surface area contributed by atoms with Crippen molar-refractivity contribution in [2.75, 3.05) is 19.0 Å². The number of amides is 2. The first kappa shape index (κ1) is 13.9. The first-order valence-electron chi connectivity index (χ1n) is 5.97. The number of likely N-dealkylation sites (N-methyl/N-ethyl adjacent to an activating group) is 1. The molecule has 0 saturated carbocycles. The maximum absolute atomic E-state index is 12.3. The quantitative estimate of drug-likeness (QED) is 0.842. The lowest BCUT2D eigenvalue weighted by Crippen LogP contribution is -2.40. The van der Waals surface area contributed by atoms with E-state index in [1.165, 1.54) is 20.0 Å². The number of nitrogens with zero attached hydrogens (tertiary/aromatic N) is 1. The zero-order chi connectivity index (χ0) is 14.9. The van der Waals surface area contributed by atoms with Crippen LogP contribution in [0, 0.1) is 0 Å². The van der Waals surface area contributed by atoms with Crippen molar-refractivity contribution in [3.63, 3.8) is 0 Å². The summed E-state index contributed by atoms with van der Waals surface area (Å²) in [5, 5.41) is 11.5. The smallest absolute Gasteiger partial charge is 0.326 e. The normalized spacial score (nSPS) is 14.6. The Morgan fingerprint density at radius 2 is 2.15 bits per heavy atom. The van der Waals surface area contributed by atoms with Crippen LogP contribution in [0.4, 0.5) is 5.69 Å². The Hall–Kier alpha value is -2.57.